The number of hydrogen-bond donors (Lipinski definition) is 1. The van der Waals surface area contributed by atoms with Gasteiger partial charge in [-0.1, -0.05) is 25.1 Å². The molecule has 1 aromatic carbocycles. The van der Waals surface area contributed by atoms with Crippen LogP contribution in [0.25, 0.3) is 0 Å². The Kier molecular flexibility index (Phi) is 4.38. The fourth-order valence-corrected chi connectivity index (χ4v) is 3.22. The molecule has 1 aliphatic heterocycles. The number of carbonyl (C=O) groups is 1. The molecule has 3 rings (SSSR count). The minimum atomic E-state index is -0.238. The third-order valence-corrected chi connectivity index (χ3v) is 4.56. The molecule has 0 spiro atoms. The van der Waals surface area contributed by atoms with Crippen molar-refractivity contribution in [2.75, 3.05) is 17.2 Å². The summed E-state index contributed by atoms with van der Waals surface area (Å²) in [4.78, 5) is 31.3. The van der Waals surface area contributed by atoms with Crippen LogP contribution < -0.4 is 16.2 Å². The van der Waals surface area contributed by atoms with Crippen LogP contribution in [0, 0.1) is 6.92 Å². The van der Waals surface area contributed by atoms with Gasteiger partial charge in [-0.25, -0.2) is 4.98 Å². The molecule has 6 nitrogen and oxygen atoms in total. The minimum Gasteiger partial charge on any atom is -0.369 e. The lowest BCUT2D eigenvalue weighted by atomic mass is 10.0. The van der Waals surface area contributed by atoms with Gasteiger partial charge in [-0.05, 0) is 37.8 Å². The molecule has 2 heterocycles. The third kappa shape index (κ3) is 2.79. The number of amides is 1. The van der Waals surface area contributed by atoms with Crippen molar-refractivity contribution < 1.29 is 4.79 Å². The zero-order valence-corrected chi connectivity index (χ0v) is 14.1. The van der Waals surface area contributed by atoms with Gasteiger partial charge < -0.3 is 10.6 Å². The topological polar surface area (TPSA) is 81.2 Å². The standard InChI is InChI=1S/C18H22N4O2/c1-3-14-12(2)17(24)22(18(19)20-14)11-16(23)21-10-6-8-13-7-4-5-9-15(13)21/h4-5,7,9H,3,6,8,10-11H2,1-2H3,(H2,19,20). The number of fused-ring (bicyclic) bond motifs is 1. The van der Waals surface area contributed by atoms with Crippen LogP contribution in [0.3, 0.4) is 0 Å². The van der Waals surface area contributed by atoms with Gasteiger partial charge in [0.2, 0.25) is 11.9 Å². The molecule has 0 saturated carbocycles. The van der Waals surface area contributed by atoms with Crippen molar-refractivity contribution in [1.82, 2.24) is 9.55 Å². The number of hydrogen-bond acceptors (Lipinski definition) is 4. The zero-order valence-electron chi connectivity index (χ0n) is 14.1. The normalized spacial score (nSPS) is 13.7. The van der Waals surface area contributed by atoms with E-state index in [1.165, 1.54) is 4.57 Å². The fourth-order valence-electron chi connectivity index (χ4n) is 3.22. The molecule has 1 amide bonds. The first kappa shape index (κ1) is 16.2. The summed E-state index contributed by atoms with van der Waals surface area (Å²) >= 11 is 0. The average molecular weight is 326 g/mol. The molecule has 2 N–H and O–H groups in total. The first-order valence-corrected chi connectivity index (χ1v) is 8.27. The largest absolute Gasteiger partial charge is 0.369 e. The number of nitrogens with two attached hydrogens (primary N) is 1. The van der Waals surface area contributed by atoms with Crippen LogP contribution in [0.5, 0.6) is 0 Å². The van der Waals surface area contributed by atoms with Gasteiger partial charge >= 0.3 is 0 Å². The number of rotatable bonds is 3. The van der Waals surface area contributed by atoms with Gasteiger partial charge in [-0.2, -0.15) is 0 Å². The van der Waals surface area contributed by atoms with Gasteiger partial charge in [-0.3, -0.25) is 14.2 Å². The van der Waals surface area contributed by atoms with Crippen molar-refractivity contribution in [2.24, 2.45) is 0 Å². The second-order valence-corrected chi connectivity index (χ2v) is 6.06. The molecule has 0 fully saturated rings. The molecule has 24 heavy (non-hydrogen) atoms. The molecule has 1 aromatic heterocycles. The summed E-state index contributed by atoms with van der Waals surface area (Å²) in [5, 5.41) is 0. The van der Waals surface area contributed by atoms with E-state index in [1.54, 1.807) is 11.8 Å². The number of benzene rings is 1. The van der Waals surface area contributed by atoms with Crippen molar-refractivity contribution in [3.8, 4) is 0 Å². The second kappa shape index (κ2) is 6.47. The maximum Gasteiger partial charge on any atom is 0.258 e. The molecule has 1 aliphatic rings. The first-order chi connectivity index (χ1) is 11.5. The summed E-state index contributed by atoms with van der Waals surface area (Å²) < 4.78 is 1.27. The molecule has 0 unspecified atom stereocenters. The lowest BCUT2D eigenvalue weighted by Gasteiger charge is -2.29. The highest BCUT2D eigenvalue weighted by atomic mass is 16.2. The Hall–Kier alpha value is -2.63. The molecule has 0 saturated heterocycles. The monoisotopic (exact) mass is 326 g/mol. The van der Waals surface area contributed by atoms with E-state index in [-0.39, 0.29) is 24.0 Å². The molecule has 0 aliphatic carbocycles. The van der Waals surface area contributed by atoms with E-state index in [0.717, 1.165) is 24.1 Å². The maximum absolute atomic E-state index is 12.8. The Morgan fingerprint density at radius 3 is 2.83 bits per heavy atom. The van der Waals surface area contributed by atoms with Crippen LogP contribution in [-0.4, -0.2) is 22.0 Å². The number of anilines is 2. The molecule has 126 valence electrons. The quantitative estimate of drug-likeness (QED) is 0.930. The van der Waals surface area contributed by atoms with Gasteiger partial charge in [0.25, 0.3) is 5.56 Å². The predicted octanol–water partition coefficient (Wildman–Crippen LogP) is 1.68. The molecule has 2 aromatic rings. The maximum atomic E-state index is 12.8. The Morgan fingerprint density at radius 1 is 1.33 bits per heavy atom. The fraction of sp³-hybridized carbons (Fsp3) is 0.389. The smallest absolute Gasteiger partial charge is 0.258 e. The Balaban J connectivity index is 1.92. The van der Waals surface area contributed by atoms with Crippen LogP contribution >= 0.6 is 0 Å². The molecule has 0 bridgehead atoms. The lowest BCUT2D eigenvalue weighted by molar-refractivity contribution is -0.119. The number of para-hydroxylation sites is 1. The van der Waals surface area contributed by atoms with E-state index >= 15 is 0 Å². The second-order valence-electron chi connectivity index (χ2n) is 6.06. The van der Waals surface area contributed by atoms with Crippen molar-refractivity contribution in [2.45, 2.75) is 39.7 Å². The van der Waals surface area contributed by atoms with E-state index in [1.807, 2.05) is 31.2 Å². The van der Waals surface area contributed by atoms with Crippen LogP contribution in [0.4, 0.5) is 11.6 Å². The van der Waals surface area contributed by atoms with Crippen molar-refractivity contribution in [1.29, 1.82) is 0 Å². The van der Waals surface area contributed by atoms with Crippen molar-refractivity contribution >= 4 is 17.5 Å². The molecule has 6 heteroatoms. The van der Waals surface area contributed by atoms with E-state index in [4.69, 9.17) is 5.73 Å². The first-order valence-electron chi connectivity index (χ1n) is 8.27. The summed E-state index contributed by atoms with van der Waals surface area (Å²) in [6.45, 7) is 4.22. The van der Waals surface area contributed by atoms with E-state index in [9.17, 15) is 9.59 Å². The highest BCUT2D eigenvalue weighted by Gasteiger charge is 2.23. The predicted molar refractivity (Wildman–Crippen MR) is 94.1 cm³/mol. The van der Waals surface area contributed by atoms with Crippen LogP contribution in [0.15, 0.2) is 29.1 Å². The number of aromatic nitrogens is 2. The zero-order chi connectivity index (χ0) is 17.3. The summed E-state index contributed by atoms with van der Waals surface area (Å²) in [5.41, 5.74) is 9.01. The molecular formula is C18H22N4O2. The van der Waals surface area contributed by atoms with E-state index in [2.05, 4.69) is 4.98 Å². The van der Waals surface area contributed by atoms with E-state index in [0.29, 0.717) is 24.2 Å². The summed E-state index contributed by atoms with van der Waals surface area (Å²) in [6.07, 6.45) is 2.52. The number of nitrogen functional groups attached to an aromatic ring is 1. The van der Waals surface area contributed by atoms with Crippen molar-refractivity contribution in [3.05, 3.63) is 51.4 Å². The number of aryl methyl sites for hydroxylation is 2. The van der Waals surface area contributed by atoms with Gasteiger partial charge in [0.1, 0.15) is 6.54 Å². The Morgan fingerprint density at radius 2 is 2.08 bits per heavy atom. The number of nitrogens with zero attached hydrogens (tertiary/aromatic N) is 3. The van der Waals surface area contributed by atoms with Crippen molar-refractivity contribution in [3.63, 3.8) is 0 Å². The van der Waals surface area contributed by atoms with Gasteiger partial charge in [0.05, 0.1) is 5.69 Å². The summed E-state index contributed by atoms with van der Waals surface area (Å²) in [5.74, 6) is -0.0394. The number of carbonyl (C=O) groups excluding carboxylic acids is 1. The minimum absolute atomic E-state index is 0.0865. The molecular weight excluding hydrogens is 304 g/mol. The van der Waals surface area contributed by atoms with Crippen LogP contribution in [0.2, 0.25) is 0 Å². The van der Waals surface area contributed by atoms with Gasteiger partial charge in [0, 0.05) is 17.8 Å². The van der Waals surface area contributed by atoms with E-state index < -0.39 is 0 Å². The SMILES string of the molecule is CCc1nc(N)n(CC(=O)N2CCCc3ccccc32)c(=O)c1C. The highest BCUT2D eigenvalue weighted by Crippen LogP contribution is 2.26. The third-order valence-electron chi connectivity index (χ3n) is 4.56. The molecule has 0 radical (unpaired) electrons. The average Bonchev–Trinajstić information content (AvgIpc) is 2.61. The highest BCUT2D eigenvalue weighted by molar-refractivity contribution is 5.94. The summed E-state index contributed by atoms with van der Waals surface area (Å²) in [6, 6.07) is 7.89. The van der Waals surface area contributed by atoms with Crippen LogP contribution in [0.1, 0.15) is 30.2 Å². The Labute approximate surface area is 140 Å². The Bertz CT molecular complexity index is 841. The van der Waals surface area contributed by atoms with Crippen LogP contribution in [-0.2, 0) is 24.2 Å². The molecule has 0 atom stereocenters. The summed E-state index contributed by atoms with van der Waals surface area (Å²) in [7, 11) is 0. The van der Waals surface area contributed by atoms with Gasteiger partial charge in [0.15, 0.2) is 0 Å². The van der Waals surface area contributed by atoms with Gasteiger partial charge in [-0.15, -0.1) is 0 Å². The lowest BCUT2D eigenvalue weighted by Crippen LogP contribution is -2.40.